The van der Waals surface area contributed by atoms with Crippen LogP contribution in [0.25, 0.3) is 0 Å². The van der Waals surface area contributed by atoms with E-state index >= 15 is 0 Å². The molecule has 1 heterocycles. The van der Waals surface area contributed by atoms with Gasteiger partial charge >= 0.3 is 22.9 Å². The molecule has 0 amide bonds. The molecule has 0 aliphatic rings. The van der Waals surface area contributed by atoms with E-state index in [-0.39, 0.29) is 6.61 Å². The minimum atomic E-state index is -1.19. The maximum absolute atomic E-state index is 11.8. The molecule has 0 radical (unpaired) electrons. The molecule has 1 rings (SSSR count). The van der Waals surface area contributed by atoms with Crippen molar-refractivity contribution in [1.82, 2.24) is 9.13 Å². The van der Waals surface area contributed by atoms with Crippen molar-refractivity contribution < 1.29 is 19.2 Å². The monoisotopic (exact) mass is 299 g/mol. The van der Waals surface area contributed by atoms with Crippen LogP contribution in [0.2, 0.25) is 0 Å². The number of aromatic nitrogens is 2. The molecular formula is C11H13N3O7. The van der Waals surface area contributed by atoms with Crippen LogP contribution in [0, 0.1) is 10.1 Å². The number of Topliss-reactive ketones (excluding diaryl/α,β-unsaturated/α-hetero) is 1. The van der Waals surface area contributed by atoms with Crippen LogP contribution in [-0.4, -0.2) is 32.4 Å². The molecule has 21 heavy (non-hydrogen) atoms. The SMILES string of the molecule is CCOC(=O)CC(=O)Cn1c(=O)c([N+](=O)[O-])cn(C)c1=O. The predicted octanol–water partition coefficient (Wildman–Crippen LogP) is -1.02. The molecule has 0 atom stereocenters. The zero-order valence-corrected chi connectivity index (χ0v) is 11.4. The number of nitro groups is 1. The van der Waals surface area contributed by atoms with E-state index in [4.69, 9.17) is 0 Å². The summed E-state index contributed by atoms with van der Waals surface area (Å²) < 4.78 is 5.79. The molecule has 1 aromatic rings. The van der Waals surface area contributed by atoms with Gasteiger partial charge in [0.2, 0.25) is 0 Å². The highest BCUT2D eigenvalue weighted by atomic mass is 16.6. The summed E-state index contributed by atoms with van der Waals surface area (Å²) in [6, 6.07) is 0. The maximum atomic E-state index is 11.8. The Labute approximate surface area is 117 Å². The standard InChI is InChI=1S/C11H13N3O7/c1-3-21-9(16)4-7(15)5-13-10(17)8(14(19)20)6-12(2)11(13)18/h6H,3-5H2,1-2H3. The largest absolute Gasteiger partial charge is 0.466 e. The molecule has 114 valence electrons. The van der Waals surface area contributed by atoms with Crippen molar-refractivity contribution in [2.24, 2.45) is 7.05 Å². The van der Waals surface area contributed by atoms with Gasteiger partial charge < -0.3 is 4.74 Å². The van der Waals surface area contributed by atoms with Crippen molar-refractivity contribution in [1.29, 1.82) is 0 Å². The molecule has 0 saturated carbocycles. The Hall–Kier alpha value is -2.78. The van der Waals surface area contributed by atoms with Gasteiger partial charge in [-0.2, -0.15) is 0 Å². The lowest BCUT2D eigenvalue weighted by atomic mass is 10.3. The van der Waals surface area contributed by atoms with Crippen molar-refractivity contribution in [2.75, 3.05) is 6.61 Å². The molecule has 0 N–H and O–H groups in total. The summed E-state index contributed by atoms with van der Waals surface area (Å²) in [5.41, 5.74) is -2.91. The normalized spacial score (nSPS) is 10.2. The second-order valence-electron chi connectivity index (χ2n) is 4.08. The fourth-order valence-electron chi connectivity index (χ4n) is 1.58. The zero-order valence-electron chi connectivity index (χ0n) is 11.4. The molecule has 10 heteroatoms. The second-order valence-corrected chi connectivity index (χ2v) is 4.08. The van der Waals surface area contributed by atoms with Crippen molar-refractivity contribution in [2.45, 2.75) is 19.9 Å². The van der Waals surface area contributed by atoms with Crippen molar-refractivity contribution >= 4 is 17.4 Å². The van der Waals surface area contributed by atoms with Crippen LogP contribution in [0.5, 0.6) is 0 Å². The number of carbonyl (C=O) groups is 2. The Balaban J connectivity index is 3.11. The van der Waals surface area contributed by atoms with E-state index in [1.807, 2.05) is 0 Å². The predicted molar refractivity (Wildman–Crippen MR) is 68.9 cm³/mol. The molecule has 0 unspecified atom stereocenters. The molecular weight excluding hydrogens is 286 g/mol. The molecule has 0 bridgehead atoms. The van der Waals surface area contributed by atoms with Crippen LogP contribution in [0.4, 0.5) is 5.69 Å². The van der Waals surface area contributed by atoms with E-state index < -0.39 is 46.6 Å². The number of ether oxygens (including phenoxy) is 1. The van der Waals surface area contributed by atoms with E-state index in [0.717, 1.165) is 10.8 Å². The average Bonchev–Trinajstić information content (AvgIpc) is 2.38. The van der Waals surface area contributed by atoms with Crippen molar-refractivity contribution in [3.63, 3.8) is 0 Å². The Morgan fingerprint density at radius 3 is 2.52 bits per heavy atom. The maximum Gasteiger partial charge on any atom is 0.350 e. The highest BCUT2D eigenvalue weighted by Gasteiger charge is 2.21. The van der Waals surface area contributed by atoms with Gasteiger partial charge in [0.25, 0.3) is 0 Å². The lowest BCUT2D eigenvalue weighted by molar-refractivity contribution is -0.387. The summed E-state index contributed by atoms with van der Waals surface area (Å²) in [6.07, 6.45) is 0.156. The van der Waals surface area contributed by atoms with Crippen LogP contribution >= 0.6 is 0 Å². The topological polar surface area (TPSA) is 131 Å². The molecule has 0 aliphatic heterocycles. The minimum Gasteiger partial charge on any atom is -0.466 e. The highest BCUT2D eigenvalue weighted by molar-refractivity contribution is 5.95. The van der Waals surface area contributed by atoms with Gasteiger partial charge in [-0.3, -0.25) is 29.1 Å². The van der Waals surface area contributed by atoms with Crippen molar-refractivity contribution in [3.05, 3.63) is 37.1 Å². The van der Waals surface area contributed by atoms with Crippen LogP contribution in [0.15, 0.2) is 15.8 Å². The quantitative estimate of drug-likeness (QED) is 0.284. The van der Waals surface area contributed by atoms with Gasteiger partial charge in [0.1, 0.15) is 6.42 Å². The number of aryl methyl sites for hydroxylation is 1. The first-order valence-corrected chi connectivity index (χ1v) is 5.90. The van der Waals surface area contributed by atoms with Gasteiger partial charge in [-0.25, -0.2) is 9.36 Å². The number of hydrogen-bond acceptors (Lipinski definition) is 7. The van der Waals surface area contributed by atoms with Gasteiger partial charge in [-0.1, -0.05) is 0 Å². The summed E-state index contributed by atoms with van der Waals surface area (Å²) in [5.74, 6) is -1.55. The number of nitrogens with zero attached hydrogens (tertiary/aromatic N) is 3. The fourth-order valence-corrected chi connectivity index (χ4v) is 1.58. The number of esters is 1. The van der Waals surface area contributed by atoms with E-state index in [1.54, 1.807) is 6.92 Å². The summed E-state index contributed by atoms with van der Waals surface area (Å²) in [6.45, 7) is 0.916. The molecule has 0 aromatic carbocycles. The number of hydrogen-bond donors (Lipinski definition) is 0. The summed E-state index contributed by atoms with van der Waals surface area (Å²) >= 11 is 0. The van der Waals surface area contributed by atoms with Gasteiger partial charge in [0, 0.05) is 7.05 Å². The highest BCUT2D eigenvalue weighted by Crippen LogP contribution is 2.00. The zero-order chi connectivity index (χ0) is 16.2. The Morgan fingerprint density at radius 1 is 1.38 bits per heavy atom. The Bertz CT molecular complexity index is 701. The third kappa shape index (κ3) is 3.84. The third-order valence-corrected chi connectivity index (χ3v) is 2.49. The van der Waals surface area contributed by atoms with E-state index in [0.29, 0.717) is 4.57 Å². The smallest absolute Gasteiger partial charge is 0.350 e. The van der Waals surface area contributed by atoms with Gasteiger partial charge in [-0.15, -0.1) is 0 Å². The molecule has 10 nitrogen and oxygen atoms in total. The van der Waals surface area contributed by atoms with E-state index in [9.17, 15) is 29.3 Å². The molecule has 1 aromatic heterocycles. The Kier molecular flexibility index (Phi) is 5.11. The first kappa shape index (κ1) is 16.3. The van der Waals surface area contributed by atoms with Gasteiger partial charge in [0.05, 0.1) is 24.3 Å². The van der Waals surface area contributed by atoms with Crippen molar-refractivity contribution in [3.8, 4) is 0 Å². The van der Waals surface area contributed by atoms with E-state index in [2.05, 4.69) is 4.74 Å². The Morgan fingerprint density at radius 2 is 2.00 bits per heavy atom. The molecule has 0 saturated heterocycles. The lowest BCUT2D eigenvalue weighted by Crippen LogP contribution is -2.41. The van der Waals surface area contributed by atoms with Gasteiger partial charge in [0.15, 0.2) is 5.78 Å². The summed E-state index contributed by atoms with van der Waals surface area (Å²) in [5, 5.41) is 10.7. The molecule has 0 aliphatic carbocycles. The van der Waals surface area contributed by atoms with Crippen LogP contribution in [-0.2, 0) is 27.9 Å². The average molecular weight is 299 g/mol. The molecule has 0 fully saturated rings. The van der Waals surface area contributed by atoms with Crippen LogP contribution in [0.3, 0.4) is 0 Å². The van der Waals surface area contributed by atoms with Gasteiger partial charge in [-0.05, 0) is 6.92 Å². The first-order chi connectivity index (χ1) is 9.77. The number of ketones is 1. The van der Waals surface area contributed by atoms with Crippen LogP contribution in [0.1, 0.15) is 13.3 Å². The summed E-state index contributed by atoms with van der Waals surface area (Å²) in [7, 11) is 1.21. The van der Waals surface area contributed by atoms with E-state index in [1.165, 1.54) is 7.05 Å². The lowest BCUT2D eigenvalue weighted by Gasteiger charge is -2.06. The number of carbonyl (C=O) groups excluding carboxylic acids is 2. The number of rotatable bonds is 6. The van der Waals surface area contributed by atoms with Crippen LogP contribution < -0.4 is 11.2 Å². The second kappa shape index (κ2) is 6.59. The molecule has 0 spiro atoms. The third-order valence-electron chi connectivity index (χ3n) is 2.49. The minimum absolute atomic E-state index is 0.0879. The summed E-state index contributed by atoms with van der Waals surface area (Å²) in [4.78, 5) is 56.0. The fraction of sp³-hybridized carbons (Fsp3) is 0.455. The first-order valence-electron chi connectivity index (χ1n) is 5.90.